The molecule has 0 radical (unpaired) electrons. The number of fused-ring (bicyclic) bond motifs is 4. The van der Waals surface area contributed by atoms with Crippen LogP contribution in [0.4, 0.5) is 23.4 Å². The quantitative estimate of drug-likeness (QED) is 0.135. The molecule has 3 saturated heterocycles. The normalized spacial score (nSPS) is 28.7. The van der Waals surface area contributed by atoms with Gasteiger partial charge in [-0.1, -0.05) is 20.8 Å². The molecule has 3 N–H and O–H groups in total. The van der Waals surface area contributed by atoms with E-state index in [1.54, 1.807) is 24.7 Å². The van der Waals surface area contributed by atoms with Crippen LogP contribution in [0.3, 0.4) is 0 Å². The zero-order valence-corrected chi connectivity index (χ0v) is 41.2. The highest BCUT2D eigenvalue weighted by atomic mass is 19.1. The summed E-state index contributed by atoms with van der Waals surface area (Å²) in [5.41, 5.74) is 6.12. The van der Waals surface area contributed by atoms with Crippen molar-refractivity contribution in [2.24, 2.45) is 16.8 Å². The SMILES string of the molecule is C=Nc1ncnc2c1ncn2[C@@H]1OC=C[C@@H]1F.CC[C@H]1O[C@@H](n2cnc3c(C)ncnc32)[C@@H](F)[C@@H]1C.Cc1ncnc2c1ncn2[C@@H]1O[C@H](C(=O)O)[C@@H](C)[C@@H]1F.Cc1ncnc2c1ncn2[C@@H]1O[C@H](C(=O)O)[C@@H](O)[C@@H]1F. The van der Waals surface area contributed by atoms with Gasteiger partial charge in [0.05, 0.1) is 48.4 Å². The monoisotopic (exact) mass is 1060 g/mol. The first-order valence-electron chi connectivity index (χ1n) is 23.5. The van der Waals surface area contributed by atoms with Gasteiger partial charge >= 0.3 is 11.9 Å². The van der Waals surface area contributed by atoms with Gasteiger partial charge < -0.3 is 34.3 Å². The molecule has 400 valence electrons. The van der Waals surface area contributed by atoms with Crippen LogP contribution in [0.2, 0.25) is 0 Å². The summed E-state index contributed by atoms with van der Waals surface area (Å²) >= 11 is 0. The number of aliphatic carboxylic acids is 2. The number of nitrogens with zero attached hydrogens (tertiary/aromatic N) is 17. The number of hydrogen-bond donors (Lipinski definition) is 3. The molecule has 0 saturated carbocycles. The smallest absolute Gasteiger partial charge is 0.335 e. The lowest BCUT2D eigenvalue weighted by molar-refractivity contribution is -0.155. The minimum atomic E-state index is -1.89. The Kier molecular flexibility index (Phi) is 15.0. The van der Waals surface area contributed by atoms with Crippen LogP contribution in [0.5, 0.6) is 0 Å². The number of ether oxygens (including phenoxy) is 4. The van der Waals surface area contributed by atoms with Gasteiger partial charge in [-0.3, -0.25) is 18.3 Å². The van der Waals surface area contributed by atoms with Crippen molar-refractivity contribution in [2.75, 3.05) is 0 Å². The standard InChI is InChI=1S/C13H17FN4O.C12H13FN4O3.C11H11FN4O4.C10H8FN5O/c1-4-9-7(2)10(14)13(19-9)18-6-17-11-8(3)15-5-16-12(11)18;1-5-7(13)11(20-9(5)12(18)19)17-4-16-8-6(2)14-3-15-10(8)17;1-4-6-9(14-2-13-4)16(3-15-6)10-5(12)7(17)8(20-10)11(18)19;1-12-8-7-9(14-4-13-8)16(5-15-7)10-6(11)2-3-17-10/h5-7,9-10,13H,4H2,1-3H3;3-5,7,9,11H,1-2H3,(H,18,19);2-3,5,7-8,10,17H,1H3,(H,18,19);2-6,10H,1H2/t7-,9-,10+,13-;5-,7-,9-,11+;5-,7-,8-,10+;6-,10+/m1000/s1. The molecule has 0 spiro atoms. The number of aliphatic hydroxyl groups excluding tert-OH is 1. The first kappa shape index (κ1) is 52.8. The number of carboxylic acid groups (broad SMARTS) is 2. The van der Waals surface area contributed by atoms with E-state index in [0.29, 0.717) is 61.9 Å². The second-order valence-electron chi connectivity index (χ2n) is 17.9. The minimum absolute atomic E-state index is 0.0552. The number of carbonyl (C=O) groups is 2. The van der Waals surface area contributed by atoms with Crippen molar-refractivity contribution in [3.05, 3.63) is 80.0 Å². The minimum Gasteiger partial charge on any atom is -0.479 e. The largest absolute Gasteiger partial charge is 0.479 e. The molecule has 0 bridgehead atoms. The fraction of sp³-hybridized carbons (Fsp3) is 0.457. The first-order chi connectivity index (χ1) is 36.4. The van der Waals surface area contributed by atoms with E-state index in [1.807, 2.05) is 20.8 Å². The van der Waals surface area contributed by atoms with Gasteiger partial charge in [0, 0.05) is 11.8 Å². The van der Waals surface area contributed by atoms with Crippen LogP contribution in [0.1, 0.15) is 69.2 Å². The Morgan fingerprint density at radius 1 is 0.579 bits per heavy atom. The summed E-state index contributed by atoms with van der Waals surface area (Å²) in [6.45, 7) is 14.2. The van der Waals surface area contributed by atoms with E-state index in [-0.39, 0.29) is 12.0 Å². The summed E-state index contributed by atoms with van der Waals surface area (Å²) in [4.78, 5) is 74.5. The lowest BCUT2D eigenvalue weighted by atomic mass is 10.00. The van der Waals surface area contributed by atoms with Crippen molar-refractivity contribution in [3.8, 4) is 0 Å². The van der Waals surface area contributed by atoms with Crippen LogP contribution in [-0.2, 0) is 28.5 Å². The Morgan fingerprint density at radius 2 is 0.987 bits per heavy atom. The first-order valence-corrected chi connectivity index (χ1v) is 23.5. The number of aryl methyl sites for hydroxylation is 3. The number of carboxylic acids is 2. The molecule has 4 aliphatic heterocycles. The molecule has 30 heteroatoms. The van der Waals surface area contributed by atoms with Crippen molar-refractivity contribution in [1.29, 1.82) is 0 Å². The maximum absolute atomic E-state index is 14.4. The van der Waals surface area contributed by atoms with Gasteiger partial charge in [0.1, 0.15) is 54.3 Å². The highest BCUT2D eigenvalue weighted by molar-refractivity contribution is 5.82. The average molecular weight is 1060 g/mol. The summed E-state index contributed by atoms with van der Waals surface area (Å²) in [6, 6.07) is 0. The molecule has 0 amide bonds. The van der Waals surface area contributed by atoms with Gasteiger partial charge in [-0.15, -0.1) is 0 Å². The Morgan fingerprint density at radius 3 is 1.39 bits per heavy atom. The van der Waals surface area contributed by atoms with Gasteiger partial charge in [-0.25, -0.2) is 92.0 Å². The fourth-order valence-electron chi connectivity index (χ4n) is 9.07. The lowest BCUT2D eigenvalue weighted by Gasteiger charge is -2.15. The van der Waals surface area contributed by atoms with E-state index >= 15 is 0 Å². The van der Waals surface area contributed by atoms with Crippen LogP contribution in [0.25, 0.3) is 44.7 Å². The second kappa shape index (κ2) is 21.6. The van der Waals surface area contributed by atoms with Crippen LogP contribution in [0.15, 0.2) is 67.9 Å². The topological polar surface area (TPSA) is 319 Å². The maximum atomic E-state index is 14.4. The predicted molar refractivity (Wildman–Crippen MR) is 255 cm³/mol. The molecule has 3 fully saturated rings. The molecule has 26 nitrogen and oxygen atoms in total. The number of rotatable bonds is 8. The number of halogens is 4. The summed E-state index contributed by atoms with van der Waals surface area (Å²) in [6.07, 6.45) is 0.767. The second-order valence-corrected chi connectivity index (χ2v) is 17.9. The van der Waals surface area contributed by atoms with E-state index in [9.17, 15) is 32.3 Å². The van der Waals surface area contributed by atoms with E-state index in [0.717, 1.165) is 12.1 Å². The molecule has 4 aliphatic rings. The molecule has 76 heavy (non-hydrogen) atoms. The third-order valence-corrected chi connectivity index (χ3v) is 13.3. The zero-order chi connectivity index (χ0) is 54.3. The maximum Gasteiger partial charge on any atom is 0.335 e. The van der Waals surface area contributed by atoms with E-state index in [4.69, 9.17) is 29.2 Å². The Balaban J connectivity index is 0.000000124. The molecule has 0 aromatic carbocycles. The Labute approximate surface area is 426 Å². The summed E-state index contributed by atoms with van der Waals surface area (Å²) < 4.78 is 83.5. The lowest BCUT2D eigenvalue weighted by Crippen LogP contribution is -2.34. The Bertz CT molecular complexity index is 3330. The molecule has 0 aliphatic carbocycles. The molecule has 12 heterocycles. The van der Waals surface area contributed by atoms with Gasteiger partial charge in [-0.2, -0.15) is 0 Å². The van der Waals surface area contributed by atoms with Crippen molar-refractivity contribution in [2.45, 2.75) is 122 Å². The number of hydrogen-bond acceptors (Lipinski definition) is 20. The molecule has 8 aromatic heterocycles. The van der Waals surface area contributed by atoms with Crippen molar-refractivity contribution < 1.29 is 61.4 Å². The molecule has 0 unspecified atom stereocenters. The van der Waals surface area contributed by atoms with Gasteiger partial charge in [0.25, 0.3) is 0 Å². The number of alkyl halides is 4. The number of aliphatic imine (C=N–C) groups is 1. The van der Waals surface area contributed by atoms with Crippen LogP contribution >= 0.6 is 0 Å². The van der Waals surface area contributed by atoms with Crippen LogP contribution < -0.4 is 0 Å². The van der Waals surface area contributed by atoms with E-state index in [1.165, 1.54) is 77.3 Å². The number of aromatic nitrogens is 16. The third-order valence-electron chi connectivity index (χ3n) is 13.3. The third kappa shape index (κ3) is 9.62. The van der Waals surface area contributed by atoms with Crippen LogP contribution in [0, 0.1) is 32.6 Å². The number of aliphatic hydroxyl groups is 1. The summed E-state index contributed by atoms with van der Waals surface area (Å²) in [5, 5.41) is 27.5. The summed E-state index contributed by atoms with van der Waals surface area (Å²) in [7, 11) is 0. The highest BCUT2D eigenvalue weighted by Crippen LogP contribution is 2.40. The summed E-state index contributed by atoms with van der Waals surface area (Å²) in [5.74, 6) is -3.07. The van der Waals surface area contributed by atoms with Gasteiger partial charge in [0.2, 0.25) is 6.23 Å². The van der Waals surface area contributed by atoms with Crippen molar-refractivity contribution in [1.82, 2.24) is 78.1 Å². The van der Waals surface area contributed by atoms with Crippen molar-refractivity contribution in [3.63, 3.8) is 0 Å². The molecule has 12 rings (SSSR count). The van der Waals surface area contributed by atoms with E-state index < -0.39 is 85.8 Å². The molecular weight excluding hydrogens is 1010 g/mol. The van der Waals surface area contributed by atoms with Crippen molar-refractivity contribution >= 4 is 69.1 Å². The number of imidazole rings is 4. The van der Waals surface area contributed by atoms with Crippen LogP contribution in [-0.4, -0.2) is 161 Å². The molecule has 8 aromatic rings. The highest BCUT2D eigenvalue weighted by Gasteiger charge is 2.50. The molecular formula is C46H49F4N17O9. The zero-order valence-electron chi connectivity index (χ0n) is 41.2. The fourth-order valence-corrected chi connectivity index (χ4v) is 9.07. The predicted octanol–water partition coefficient (Wildman–Crippen LogP) is 4.86. The average Bonchev–Trinajstić information content (AvgIpc) is 4.31. The molecule has 14 atom stereocenters. The van der Waals surface area contributed by atoms with E-state index in [2.05, 4.69) is 71.5 Å². The van der Waals surface area contributed by atoms with Gasteiger partial charge in [0.15, 0.2) is 89.5 Å². The Hall–Kier alpha value is -8.09. The van der Waals surface area contributed by atoms with Gasteiger partial charge in [-0.05, 0) is 40.0 Å².